The molecule has 1 aromatic rings. The van der Waals surface area contributed by atoms with Gasteiger partial charge in [0, 0.05) is 17.6 Å². The minimum Gasteiger partial charge on any atom is -0.469 e. The first kappa shape index (κ1) is 17.7. The molecule has 0 aromatic heterocycles. The molecule has 0 radical (unpaired) electrons. The number of hydrogen-bond donors (Lipinski definition) is 0. The normalized spacial score (nSPS) is 10.5. The lowest BCUT2D eigenvalue weighted by molar-refractivity contribution is -0.140. The molecule has 0 unspecified atom stereocenters. The lowest BCUT2D eigenvalue weighted by Gasteiger charge is -2.23. The van der Waals surface area contributed by atoms with Gasteiger partial charge < -0.3 is 9.64 Å². The highest BCUT2D eigenvalue weighted by atomic mass is 79.9. The van der Waals surface area contributed by atoms with Gasteiger partial charge in [-0.15, -0.1) is 0 Å². The number of hydrogen-bond acceptors (Lipinski definition) is 3. The first-order valence-corrected chi connectivity index (χ1v) is 7.85. The minimum atomic E-state index is -0.301. The Balaban J connectivity index is 2.81. The second kappa shape index (κ2) is 8.82. The van der Waals surface area contributed by atoms with Gasteiger partial charge in [-0.25, -0.2) is 0 Å². The van der Waals surface area contributed by atoms with Crippen LogP contribution in [0.15, 0.2) is 28.7 Å². The highest BCUT2D eigenvalue weighted by Gasteiger charge is 2.19. The smallest absolute Gasteiger partial charge is 0.307 e. The Morgan fingerprint density at radius 1 is 1.24 bits per heavy atom. The Morgan fingerprint density at radius 3 is 2.48 bits per heavy atom. The zero-order valence-electron chi connectivity index (χ0n) is 12.8. The summed E-state index contributed by atoms with van der Waals surface area (Å²) in [7, 11) is 1.36. The summed E-state index contributed by atoms with van der Waals surface area (Å²) in [6.07, 6.45) is 1.11. The van der Waals surface area contributed by atoms with E-state index in [1.807, 2.05) is 18.2 Å². The first-order chi connectivity index (χ1) is 9.95. The van der Waals surface area contributed by atoms with Crippen molar-refractivity contribution in [1.29, 1.82) is 0 Å². The van der Waals surface area contributed by atoms with Crippen LogP contribution >= 0.6 is 15.9 Å². The van der Waals surface area contributed by atoms with Gasteiger partial charge in [-0.2, -0.15) is 0 Å². The number of halogens is 1. The molecule has 1 aromatic carbocycles. The molecule has 0 aliphatic carbocycles. The summed E-state index contributed by atoms with van der Waals surface area (Å²) in [5.41, 5.74) is 0.617. The highest BCUT2D eigenvalue weighted by molar-refractivity contribution is 9.10. The second-order valence-electron chi connectivity index (χ2n) is 5.28. The maximum absolute atomic E-state index is 12.6. The summed E-state index contributed by atoms with van der Waals surface area (Å²) in [5.74, 6) is 0.133. The van der Waals surface area contributed by atoms with Crippen molar-refractivity contribution >= 4 is 27.8 Å². The summed E-state index contributed by atoms with van der Waals surface area (Å²) in [6, 6.07) is 7.33. The van der Waals surface area contributed by atoms with Crippen molar-refractivity contribution in [3.8, 4) is 0 Å². The fourth-order valence-electron chi connectivity index (χ4n) is 1.86. The van der Waals surface area contributed by atoms with Crippen LogP contribution in [0, 0.1) is 5.92 Å². The van der Waals surface area contributed by atoms with E-state index in [9.17, 15) is 9.59 Å². The van der Waals surface area contributed by atoms with Gasteiger partial charge in [-0.05, 0) is 40.4 Å². The standard InChI is InChI=1S/C16H22BrNO3/c1-12(2)8-10-18(11-9-15(19)21-3)16(20)13-6-4-5-7-14(13)17/h4-7,12H,8-11H2,1-3H3. The second-order valence-corrected chi connectivity index (χ2v) is 6.14. The molecule has 1 amide bonds. The van der Waals surface area contributed by atoms with E-state index in [0.717, 1.165) is 10.9 Å². The number of methoxy groups -OCH3 is 1. The van der Waals surface area contributed by atoms with E-state index in [1.165, 1.54) is 7.11 Å². The van der Waals surface area contributed by atoms with Gasteiger partial charge in [0.05, 0.1) is 19.1 Å². The third-order valence-electron chi connectivity index (χ3n) is 3.18. The lowest BCUT2D eigenvalue weighted by Crippen LogP contribution is -2.34. The molecule has 0 N–H and O–H groups in total. The Labute approximate surface area is 134 Å². The van der Waals surface area contributed by atoms with Gasteiger partial charge in [0.1, 0.15) is 0 Å². The average Bonchev–Trinajstić information content (AvgIpc) is 2.46. The molecular formula is C16H22BrNO3. The SMILES string of the molecule is COC(=O)CCN(CCC(C)C)C(=O)c1ccccc1Br. The van der Waals surface area contributed by atoms with Crippen molar-refractivity contribution in [3.05, 3.63) is 34.3 Å². The molecular weight excluding hydrogens is 334 g/mol. The quantitative estimate of drug-likeness (QED) is 0.703. The zero-order valence-corrected chi connectivity index (χ0v) is 14.4. The molecule has 116 valence electrons. The maximum Gasteiger partial charge on any atom is 0.307 e. The largest absolute Gasteiger partial charge is 0.469 e. The zero-order chi connectivity index (χ0) is 15.8. The fourth-order valence-corrected chi connectivity index (χ4v) is 2.32. The molecule has 21 heavy (non-hydrogen) atoms. The minimum absolute atomic E-state index is 0.0629. The molecule has 0 spiro atoms. The molecule has 0 atom stereocenters. The van der Waals surface area contributed by atoms with E-state index in [-0.39, 0.29) is 18.3 Å². The van der Waals surface area contributed by atoms with Crippen LogP contribution in [0.25, 0.3) is 0 Å². The molecule has 0 bridgehead atoms. The van der Waals surface area contributed by atoms with Crippen LogP contribution in [0.2, 0.25) is 0 Å². The molecule has 0 heterocycles. The molecule has 0 aliphatic rings. The Kier molecular flexibility index (Phi) is 7.43. The maximum atomic E-state index is 12.6. The number of esters is 1. The van der Waals surface area contributed by atoms with Crippen molar-refractivity contribution in [2.45, 2.75) is 26.7 Å². The number of carbonyl (C=O) groups is 2. The Morgan fingerprint density at radius 2 is 1.90 bits per heavy atom. The van der Waals surface area contributed by atoms with Gasteiger partial charge in [0.15, 0.2) is 0 Å². The predicted molar refractivity (Wildman–Crippen MR) is 86.1 cm³/mol. The average molecular weight is 356 g/mol. The van der Waals surface area contributed by atoms with Gasteiger partial charge in [0.2, 0.25) is 0 Å². The molecule has 4 nitrogen and oxygen atoms in total. The monoisotopic (exact) mass is 355 g/mol. The Hall–Kier alpha value is -1.36. The van der Waals surface area contributed by atoms with Crippen molar-refractivity contribution < 1.29 is 14.3 Å². The van der Waals surface area contributed by atoms with E-state index in [4.69, 9.17) is 0 Å². The Bertz CT molecular complexity index is 488. The van der Waals surface area contributed by atoms with Gasteiger partial charge in [-0.3, -0.25) is 9.59 Å². The summed E-state index contributed by atoms with van der Waals surface area (Å²) in [4.78, 5) is 25.7. The highest BCUT2D eigenvalue weighted by Crippen LogP contribution is 2.18. The van der Waals surface area contributed by atoms with Crippen molar-refractivity contribution in [2.24, 2.45) is 5.92 Å². The van der Waals surface area contributed by atoms with Gasteiger partial charge in [0.25, 0.3) is 5.91 Å². The summed E-state index contributed by atoms with van der Waals surface area (Å²) < 4.78 is 5.42. The van der Waals surface area contributed by atoms with E-state index >= 15 is 0 Å². The van der Waals surface area contributed by atoms with Crippen LogP contribution in [0.4, 0.5) is 0 Å². The van der Waals surface area contributed by atoms with Crippen LogP contribution in [0.3, 0.4) is 0 Å². The number of rotatable bonds is 7. The predicted octanol–water partition coefficient (Wildman–Crippen LogP) is 3.50. The molecule has 0 aliphatic heterocycles. The summed E-state index contributed by atoms with van der Waals surface area (Å²) in [6.45, 7) is 5.23. The van der Waals surface area contributed by atoms with Gasteiger partial charge >= 0.3 is 5.97 Å². The molecule has 5 heteroatoms. The van der Waals surface area contributed by atoms with Crippen LogP contribution in [0.1, 0.15) is 37.0 Å². The summed E-state index contributed by atoms with van der Waals surface area (Å²) in [5, 5.41) is 0. The third kappa shape index (κ3) is 5.87. The topological polar surface area (TPSA) is 46.6 Å². The lowest BCUT2D eigenvalue weighted by atomic mass is 10.1. The van der Waals surface area contributed by atoms with Crippen molar-refractivity contribution in [3.63, 3.8) is 0 Å². The van der Waals surface area contributed by atoms with Crippen molar-refractivity contribution in [1.82, 2.24) is 4.90 Å². The molecule has 0 saturated carbocycles. The van der Waals surface area contributed by atoms with E-state index in [1.54, 1.807) is 11.0 Å². The number of nitrogens with zero attached hydrogens (tertiary/aromatic N) is 1. The first-order valence-electron chi connectivity index (χ1n) is 7.06. The number of carbonyl (C=O) groups excluding carboxylic acids is 2. The summed E-state index contributed by atoms with van der Waals surface area (Å²) >= 11 is 3.40. The van der Waals surface area contributed by atoms with Gasteiger partial charge in [-0.1, -0.05) is 26.0 Å². The number of amides is 1. The fraction of sp³-hybridized carbons (Fsp3) is 0.500. The number of benzene rings is 1. The van der Waals surface area contributed by atoms with Crippen LogP contribution < -0.4 is 0 Å². The molecule has 0 saturated heterocycles. The van der Waals surface area contributed by atoms with E-state index in [0.29, 0.717) is 24.6 Å². The molecule has 0 fully saturated rings. The van der Waals surface area contributed by atoms with Crippen LogP contribution in [0.5, 0.6) is 0 Å². The number of ether oxygens (including phenoxy) is 1. The third-order valence-corrected chi connectivity index (χ3v) is 3.87. The van der Waals surface area contributed by atoms with Crippen molar-refractivity contribution in [2.75, 3.05) is 20.2 Å². The van der Waals surface area contributed by atoms with E-state index in [2.05, 4.69) is 34.5 Å². The van der Waals surface area contributed by atoms with Crippen LogP contribution in [-0.4, -0.2) is 37.0 Å². The van der Waals surface area contributed by atoms with Crippen LogP contribution in [-0.2, 0) is 9.53 Å². The molecule has 1 rings (SSSR count). The van der Waals surface area contributed by atoms with E-state index < -0.39 is 0 Å².